The maximum Gasteiger partial charge on any atom is -0.0678 e. The lowest BCUT2D eigenvalue weighted by Crippen LogP contribution is -1.95. The molecule has 0 atom stereocenters. The van der Waals surface area contributed by atoms with Gasteiger partial charge in [-0.1, -0.05) is 43.3 Å². The van der Waals surface area contributed by atoms with Crippen LogP contribution in [0.3, 0.4) is 0 Å². The summed E-state index contributed by atoms with van der Waals surface area (Å²) in [5.41, 5.74) is 2.58. The summed E-state index contributed by atoms with van der Waals surface area (Å²) in [6, 6.07) is 20.9. The van der Waals surface area contributed by atoms with Crippen molar-refractivity contribution in [3.8, 4) is 0 Å². The van der Waals surface area contributed by atoms with Crippen LogP contribution < -0.4 is 0 Å². The molecule has 0 spiro atoms. The Bertz CT molecular complexity index is 336. The topological polar surface area (TPSA) is 0 Å². The highest BCUT2D eigenvalue weighted by atomic mass is 14.1. The molecule has 0 aromatic heterocycles. The van der Waals surface area contributed by atoms with Crippen LogP contribution in [0.4, 0.5) is 0 Å². The molecule has 0 bridgehead atoms. The van der Waals surface area contributed by atoms with E-state index in [-0.39, 0.29) is 0 Å². The van der Waals surface area contributed by atoms with Crippen molar-refractivity contribution in [2.24, 2.45) is 0 Å². The quantitative estimate of drug-likeness (QED) is 0.620. The van der Waals surface area contributed by atoms with E-state index >= 15 is 0 Å². The number of rotatable bonds is 2. The zero-order chi connectivity index (χ0) is 9.80. The van der Waals surface area contributed by atoms with Gasteiger partial charge in [0.2, 0.25) is 0 Å². The van der Waals surface area contributed by atoms with Gasteiger partial charge in [0.25, 0.3) is 0 Å². The van der Waals surface area contributed by atoms with Crippen molar-refractivity contribution in [3.05, 3.63) is 77.7 Å². The SMILES string of the molecule is C[C-](c1ccccc1)c1ccccc1. The lowest BCUT2D eigenvalue weighted by atomic mass is 9.93. The van der Waals surface area contributed by atoms with Crippen LogP contribution in [-0.2, 0) is 0 Å². The molecule has 0 aliphatic rings. The molecule has 2 aromatic rings. The highest BCUT2D eigenvalue weighted by Gasteiger charge is 1.97. The fourth-order valence-corrected chi connectivity index (χ4v) is 1.54. The van der Waals surface area contributed by atoms with Crippen LogP contribution in [0.1, 0.15) is 18.1 Å². The summed E-state index contributed by atoms with van der Waals surface area (Å²) in [5.74, 6) is 1.33. The summed E-state index contributed by atoms with van der Waals surface area (Å²) >= 11 is 0. The lowest BCUT2D eigenvalue weighted by Gasteiger charge is -2.19. The summed E-state index contributed by atoms with van der Waals surface area (Å²) < 4.78 is 0. The third-order valence-electron chi connectivity index (χ3n) is 2.41. The van der Waals surface area contributed by atoms with E-state index in [9.17, 15) is 0 Å². The van der Waals surface area contributed by atoms with E-state index in [1.807, 2.05) is 12.1 Å². The van der Waals surface area contributed by atoms with Crippen molar-refractivity contribution in [2.45, 2.75) is 6.92 Å². The minimum atomic E-state index is 1.29. The van der Waals surface area contributed by atoms with Gasteiger partial charge < -0.3 is 0 Å². The van der Waals surface area contributed by atoms with Crippen molar-refractivity contribution in [2.75, 3.05) is 0 Å². The van der Waals surface area contributed by atoms with Crippen LogP contribution in [-0.4, -0.2) is 0 Å². The van der Waals surface area contributed by atoms with Gasteiger partial charge in [0.15, 0.2) is 0 Å². The predicted molar refractivity (Wildman–Crippen MR) is 60.0 cm³/mol. The standard InChI is InChI=1S/C14H13/c1-12(13-8-4-2-5-9-13)14-10-6-3-7-11-14/h2-11H,1H3/q-1. The Morgan fingerprint density at radius 3 is 1.36 bits per heavy atom. The molecule has 2 rings (SSSR count). The zero-order valence-corrected chi connectivity index (χ0v) is 8.27. The molecule has 0 fully saturated rings. The molecule has 0 heteroatoms. The van der Waals surface area contributed by atoms with Crippen molar-refractivity contribution in [1.82, 2.24) is 0 Å². The van der Waals surface area contributed by atoms with Gasteiger partial charge in [0.1, 0.15) is 0 Å². The predicted octanol–water partition coefficient (Wildman–Crippen LogP) is 3.68. The van der Waals surface area contributed by atoms with Crippen molar-refractivity contribution in [3.63, 3.8) is 0 Å². The molecular formula is C14H13-. The maximum absolute atomic E-state index is 2.16. The summed E-state index contributed by atoms with van der Waals surface area (Å²) in [7, 11) is 0. The first-order valence-electron chi connectivity index (χ1n) is 4.82. The van der Waals surface area contributed by atoms with Gasteiger partial charge in [0, 0.05) is 0 Å². The van der Waals surface area contributed by atoms with Crippen LogP contribution in [0.15, 0.2) is 60.7 Å². The van der Waals surface area contributed by atoms with E-state index in [1.54, 1.807) is 0 Å². The van der Waals surface area contributed by atoms with E-state index in [0.29, 0.717) is 0 Å². The van der Waals surface area contributed by atoms with Crippen molar-refractivity contribution < 1.29 is 0 Å². The van der Waals surface area contributed by atoms with Gasteiger partial charge in [-0.3, -0.25) is 0 Å². The van der Waals surface area contributed by atoms with Crippen molar-refractivity contribution in [1.29, 1.82) is 0 Å². The molecule has 0 nitrogen and oxygen atoms in total. The molecule has 2 aromatic carbocycles. The molecule has 14 heavy (non-hydrogen) atoms. The number of hydrogen-bond donors (Lipinski definition) is 0. The average molecular weight is 181 g/mol. The van der Waals surface area contributed by atoms with E-state index < -0.39 is 0 Å². The summed E-state index contributed by atoms with van der Waals surface area (Å²) in [6.45, 7) is 2.16. The number of hydrogen-bond acceptors (Lipinski definition) is 0. The van der Waals surface area contributed by atoms with Gasteiger partial charge >= 0.3 is 0 Å². The Hall–Kier alpha value is -1.69. The highest BCUT2D eigenvalue weighted by Crippen LogP contribution is 2.21. The van der Waals surface area contributed by atoms with Gasteiger partial charge in [-0.2, -0.15) is 0 Å². The molecule has 0 saturated heterocycles. The van der Waals surface area contributed by atoms with Gasteiger partial charge in [-0.15, -0.1) is 41.3 Å². The fraction of sp³-hybridized carbons (Fsp3) is 0.0714. The van der Waals surface area contributed by atoms with Crippen LogP contribution in [0.2, 0.25) is 0 Å². The van der Waals surface area contributed by atoms with Crippen molar-refractivity contribution >= 4 is 0 Å². The summed E-state index contributed by atoms with van der Waals surface area (Å²) in [5, 5.41) is 0. The second-order valence-corrected chi connectivity index (χ2v) is 3.36. The normalized spacial score (nSPS) is 9.79. The molecule has 0 heterocycles. The van der Waals surface area contributed by atoms with Gasteiger partial charge in [0.05, 0.1) is 0 Å². The average Bonchev–Trinajstić information content (AvgIpc) is 2.30. The summed E-state index contributed by atoms with van der Waals surface area (Å²) in [6.07, 6.45) is 0. The zero-order valence-electron chi connectivity index (χ0n) is 8.27. The second kappa shape index (κ2) is 4.01. The largest absolute Gasteiger partial charge is 0.121 e. The third-order valence-corrected chi connectivity index (χ3v) is 2.41. The molecule has 0 unspecified atom stereocenters. The van der Waals surface area contributed by atoms with E-state index in [0.717, 1.165) is 0 Å². The van der Waals surface area contributed by atoms with Gasteiger partial charge in [-0.25, -0.2) is 0 Å². The molecule has 0 aliphatic heterocycles. The Morgan fingerprint density at radius 1 is 0.643 bits per heavy atom. The molecular weight excluding hydrogens is 168 g/mol. The molecule has 70 valence electrons. The second-order valence-electron chi connectivity index (χ2n) is 3.36. The number of benzene rings is 2. The lowest BCUT2D eigenvalue weighted by molar-refractivity contribution is 1.19. The molecule has 0 radical (unpaired) electrons. The van der Waals surface area contributed by atoms with Crippen LogP contribution in [0, 0.1) is 5.92 Å². The first-order chi connectivity index (χ1) is 6.88. The van der Waals surface area contributed by atoms with Crippen LogP contribution >= 0.6 is 0 Å². The summed E-state index contributed by atoms with van der Waals surface area (Å²) in [4.78, 5) is 0. The Kier molecular flexibility index (Phi) is 2.55. The Morgan fingerprint density at radius 2 is 1.00 bits per heavy atom. The first kappa shape index (κ1) is 8.89. The van der Waals surface area contributed by atoms with E-state index in [2.05, 4.69) is 55.5 Å². The van der Waals surface area contributed by atoms with Gasteiger partial charge in [-0.05, 0) is 0 Å². The molecule has 0 amide bonds. The minimum absolute atomic E-state index is 1.29. The first-order valence-corrected chi connectivity index (χ1v) is 4.82. The third kappa shape index (κ3) is 1.80. The Labute approximate surface area is 85.2 Å². The maximum atomic E-state index is 2.16. The molecule has 0 aliphatic carbocycles. The fourth-order valence-electron chi connectivity index (χ4n) is 1.54. The monoisotopic (exact) mass is 181 g/mol. The molecule has 0 N–H and O–H groups in total. The van der Waals surface area contributed by atoms with E-state index in [4.69, 9.17) is 0 Å². The smallest absolute Gasteiger partial charge is 0.0678 e. The molecule has 0 saturated carbocycles. The minimum Gasteiger partial charge on any atom is -0.121 e. The van der Waals surface area contributed by atoms with Crippen LogP contribution in [0.25, 0.3) is 0 Å². The van der Waals surface area contributed by atoms with Crippen LogP contribution in [0.5, 0.6) is 0 Å². The van der Waals surface area contributed by atoms with E-state index in [1.165, 1.54) is 17.0 Å². The highest BCUT2D eigenvalue weighted by molar-refractivity contribution is 5.43. The Balaban J connectivity index is 2.30.